The summed E-state index contributed by atoms with van der Waals surface area (Å²) in [6.45, 7) is 1.91. The van der Waals surface area contributed by atoms with E-state index in [1.807, 2.05) is 0 Å². The second-order valence-electron chi connectivity index (χ2n) is 6.50. The van der Waals surface area contributed by atoms with E-state index in [0.717, 1.165) is 5.56 Å². The Bertz CT molecular complexity index is 1080. The third-order valence-electron chi connectivity index (χ3n) is 4.50. The van der Waals surface area contributed by atoms with Gasteiger partial charge in [-0.05, 0) is 42.3 Å². The predicted octanol–water partition coefficient (Wildman–Crippen LogP) is 4.93. The number of halogens is 1. The molecular formula is C23H22FNO5S. The van der Waals surface area contributed by atoms with Crippen molar-refractivity contribution in [2.75, 3.05) is 26.1 Å². The van der Waals surface area contributed by atoms with Gasteiger partial charge in [0.05, 0.1) is 27.2 Å². The van der Waals surface area contributed by atoms with E-state index in [4.69, 9.17) is 14.2 Å². The minimum absolute atomic E-state index is 0.0478. The monoisotopic (exact) mass is 443 g/mol. The number of thiophene rings is 1. The lowest BCUT2D eigenvalue weighted by atomic mass is 10.0. The zero-order chi connectivity index (χ0) is 22.4. The number of carbonyl (C=O) groups excluding carboxylic acids is 2. The molecule has 0 saturated heterocycles. The first-order chi connectivity index (χ1) is 15.0. The van der Waals surface area contributed by atoms with Gasteiger partial charge in [0, 0.05) is 10.9 Å². The molecule has 0 unspecified atom stereocenters. The van der Waals surface area contributed by atoms with Crippen LogP contribution in [0.2, 0.25) is 0 Å². The molecule has 0 spiro atoms. The fourth-order valence-corrected chi connectivity index (χ4v) is 4.00. The fraction of sp³-hybridized carbons (Fsp3) is 0.217. The molecule has 3 rings (SSSR count). The molecule has 0 bridgehead atoms. The second kappa shape index (κ2) is 10.1. The molecule has 0 aliphatic carbocycles. The van der Waals surface area contributed by atoms with Crippen LogP contribution in [0.4, 0.5) is 9.39 Å². The van der Waals surface area contributed by atoms with Crippen LogP contribution >= 0.6 is 11.3 Å². The van der Waals surface area contributed by atoms with Crippen molar-refractivity contribution in [1.29, 1.82) is 0 Å². The highest BCUT2D eigenvalue weighted by atomic mass is 32.1. The van der Waals surface area contributed by atoms with Crippen LogP contribution in [0.5, 0.6) is 11.5 Å². The quantitative estimate of drug-likeness (QED) is 0.500. The van der Waals surface area contributed by atoms with Crippen LogP contribution in [0.25, 0.3) is 11.1 Å². The standard InChI is InChI=1S/C23H22FNO5S/c1-4-30-23(27)21-17(15-7-10-18(28-2)19(12-15)29-3)13-31-22(21)25-20(26)11-14-5-8-16(24)9-6-14/h5-10,12-13H,4,11H2,1-3H3,(H,25,26). The van der Waals surface area contributed by atoms with Gasteiger partial charge in [-0.2, -0.15) is 0 Å². The van der Waals surface area contributed by atoms with E-state index >= 15 is 0 Å². The zero-order valence-corrected chi connectivity index (χ0v) is 18.2. The van der Waals surface area contributed by atoms with Crippen molar-refractivity contribution in [2.24, 2.45) is 0 Å². The molecule has 1 aromatic heterocycles. The number of rotatable bonds is 8. The number of nitrogens with one attached hydrogen (secondary N) is 1. The SMILES string of the molecule is CCOC(=O)c1c(-c2ccc(OC)c(OC)c2)csc1NC(=O)Cc1ccc(F)cc1. The third-order valence-corrected chi connectivity index (χ3v) is 5.39. The normalized spacial score (nSPS) is 10.5. The van der Waals surface area contributed by atoms with E-state index < -0.39 is 5.97 Å². The molecule has 0 saturated carbocycles. The van der Waals surface area contributed by atoms with Crippen LogP contribution in [0, 0.1) is 5.82 Å². The van der Waals surface area contributed by atoms with E-state index in [1.165, 1.54) is 30.6 Å². The minimum Gasteiger partial charge on any atom is -0.493 e. The van der Waals surface area contributed by atoms with Crippen LogP contribution < -0.4 is 14.8 Å². The summed E-state index contributed by atoms with van der Waals surface area (Å²) in [7, 11) is 3.07. The van der Waals surface area contributed by atoms with Crippen molar-refractivity contribution < 1.29 is 28.2 Å². The van der Waals surface area contributed by atoms with Crippen molar-refractivity contribution in [3.05, 3.63) is 64.8 Å². The molecule has 6 nitrogen and oxygen atoms in total. The summed E-state index contributed by atoms with van der Waals surface area (Å²) in [6, 6.07) is 11.0. The Morgan fingerprint density at radius 3 is 2.39 bits per heavy atom. The predicted molar refractivity (Wildman–Crippen MR) is 118 cm³/mol. The highest BCUT2D eigenvalue weighted by Crippen LogP contribution is 2.39. The first kappa shape index (κ1) is 22.3. The number of hydrogen-bond donors (Lipinski definition) is 1. The van der Waals surface area contributed by atoms with Gasteiger partial charge < -0.3 is 19.5 Å². The number of benzene rings is 2. The van der Waals surface area contributed by atoms with Crippen LogP contribution in [0.15, 0.2) is 47.8 Å². The Labute approximate surface area is 183 Å². The maximum absolute atomic E-state index is 13.1. The summed E-state index contributed by atoms with van der Waals surface area (Å²) in [5.74, 6) is -0.148. The minimum atomic E-state index is -0.536. The summed E-state index contributed by atoms with van der Waals surface area (Å²) in [4.78, 5) is 25.3. The second-order valence-corrected chi connectivity index (χ2v) is 7.37. The molecular weight excluding hydrogens is 421 g/mol. The van der Waals surface area contributed by atoms with Crippen molar-refractivity contribution >= 4 is 28.2 Å². The van der Waals surface area contributed by atoms with Gasteiger partial charge in [0.15, 0.2) is 11.5 Å². The Morgan fingerprint density at radius 1 is 1.03 bits per heavy atom. The Kier molecular flexibility index (Phi) is 7.25. The molecule has 0 radical (unpaired) electrons. The summed E-state index contributed by atoms with van der Waals surface area (Å²) >= 11 is 1.23. The Hall–Kier alpha value is -3.39. The summed E-state index contributed by atoms with van der Waals surface area (Å²) in [5.41, 5.74) is 2.26. The first-order valence-corrected chi connectivity index (χ1v) is 10.4. The number of methoxy groups -OCH3 is 2. The Morgan fingerprint density at radius 2 is 1.74 bits per heavy atom. The molecule has 1 N–H and O–H groups in total. The summed E-state index contributed by atoms with van der Waals surface area (Å²) < 4.78 is 28.9. The van der Waals surface area contributed by atoms with Gasteiger partial charge in [-0.1, -0.05) is 18.2 Å². The van der Waals surface area contributed by atoms with Gasteiger partial charge in [-0.3, -0.25) is 4.79 Å². The molecule has 31 heavy (non-hydrogen) atoms. The number of hydrogen-bond acceptors (Lipinski definition) is 6. The number of ether oxygens (including phenoxy) is 3. The van der Waals surface area contributed by atoms with Gasteiger partial charge >= 0.3 is 5.97 Å². The number of amides is 1. The van der Waals surface area contributed by atoms with Crippen molar-refractivity contribution in [3.8, 4) is 22.6 Å². The molecule has 1 heterocycles. The molecule has 8 heteroatoms. The average Bonchev–Trinajstić information content (AvgIpc) is 3.18. The molecule has 1 amide bonds. The van der Waals surface area contributed by atoms with Crippen LogP contribution in [0.3, 0.4) is 0 Å². The molecule has 0 fully saturated rings. The van der Waals surface area contributed by atoms with Gasteiger partial charge in [0.2, 0.25) is 5.91 Å². The Balaban J connectivity index is 1.92. The molecule has 3 aromatic rings. The molecule has 162 valence electrons. The number of esters is 1. The van der Waals surface area contributed by atoms with E-state index in [0.29, 0.717) is 27.6 Å². The lowest BCUT2D eigenvalue weighted by Gasteiger charge is -2.11. The van der Waals surface area contributed by atoms with Crippen LogP contribution in [-0.2, 0) is 16.0 Å². The average molecular weight is 443 g/mol. The van der Waals surface area contributed by atoms with Crippen molar-refractivity contribution in [3.63, 3.8) is 0 Å². The smallest absolute Gasteiger partial charge is 0.341 e. The van der Waals surface area contributed by atoms with E-state index in [1.54, 1.807) is 49.7 Å². The highest BCUT2D eigenvalue weighted by Gasteiger charge is 2.23. The van der Waals surface area contributed by atoms with Crippen molar-refractivity contribution in [1.82, 2.24) is 0 Å². The largest absolute Gasteiger partial charge is 0.493 e. The fourth-order valence-electron chi connectivity index (χ4n) is 3.03. The number of anilines is 1. The van der Waals surface area contributed by atoms with Gasteiger partial charge in [0.1, 0.15) is 16.4 Å². The van der Waals surface area contributed by atoms with Gasteiger partial charge in [-0.25, -0.2) is 9.18 Å². The highest BCUT2D eigenvalue weighted by molar-refractivity contribution is 7.15. The third kappa shape index (κ3) is 5.21. The molecule has 0 aliphatic heterocycles. The topological polar surface area (TPSA) is 73.9 Å². The van der Waals surface area contributed by atoms with Gasteiger partial charge in [-0.15, -0.1) is 11.3 Å². The number of carbonyl (C=O) groups is 2. The molecule has 0 aliphatic rings. The lowest BCUT2D eigenvalue weighted by Crippen LogP contribution is -2.16. The zero-order valence-electron chi connectivity index (χ0n) is 17.4. The van der Waals surface area contributed by atoms with E-state index in [9.17, 15) is 14.0 Å². The molecule has 0 atom stereocenters. The van der Waals surface area contributed by atoms with E-state index in [-0.39, 0.29) is 30.3 Å². The summed E-state index contributed by atoms with van der Waals surface area (Å²) in [6.07, 6.45) is 0.0478. The first-order valence-electron chi connectivity index (χ1n) is 9.52. The van der Waals surface area contributed by atoms with Crippen molar-refractivity contribution in [2.45, 2.75) is 13.3 Å². The maximum Gasteiger partial charge on any atom is 0.341 e. The lowest BCUT2D eigenvalue weighted by molar-refractivity contribution is -0.115. The molecule has 2 aromatic carbocycles. The van der Waals surface area contributed by atoms with Crippen LogP contribution in [-0.4, -0.2) is 32.7 Å². The van der Waals surface area contributed by atoms with Crippen LogP contribution in [0.1, 0.15) is 22.8 Å². The van der Waals surface area contributed by atoms with E-state index in [2.05, 4.69) is 5.32 Å². The maximum atomic E-state index is 13.1. The van der Waals surface area contributed by atoms with Gasteiger partial charge in [0.25, 0.3) is 0 Å². The summed E-state index contributed by atoms with van der Waals surface area (Å²) in [5, 5.41) is 4.95.